The van der Waals surface area contributed by atoms with Gasteiger partial charge in [-0.3, -0.25) is 4.79 Å². The third-order valence-electron chi connectivity index (χ3n) is 1.95. The van der Waals surface area contributed by atoms with Crippen LogP contribution in [0.25, 0.3) is 0 Å². The van der Waals surface area contributed by atoms with Crippen molar-refractivity contribution in [3.63, 3.8) is 0 Å². The molecule has 0 aromatic rings. The van der Waals surface area contributed by atoms with Gasteiger partial charge >= 0.3 is 0 Å². The number of amides is 1. The molecule has 1 fully saturated rings. The van der Waals surface area contributed by atoms with E-state index in [2.05, 4.69) is 0 Å². The Morgan fingerprint density at radius 2 is 2.27 bits per heavy atom. The third kappa shape index (κ3) is 2.09. The molecule has 0 aromatic heterocycles. The zero-order valence-electron chi connectivity index (χ0n) is 7.01. The molecule has 1 atom stereocenters. The number of carbonyl (C=O) groups excluding carboxylic acids is 1. The van der Waals surface area contributed by atoms with E-state index < -0.39 is 0 Å². The van der Waals surface area contributed by atoms with E-state index in [1.54, 1.807) is 6.92 Å². The van der Waals surface area contributed by atoms with Crippen molar-refractivity contribution in [2.24, 2.45) is 0 Å². The Kier molecular flexibility index (Phi) is 2.77. The largest absolute Gasteiger partial charge is 0.339 e. The highest BCUT2D eigenvalue weighted by Gasteiger charge is 2.32. The summed E-state index contributed by atoms with van der Waals surface area (Å²) in [5.74, 6) is 0.0802. The SMILES string of the molecule is CCN(C(=O)C(C)Cl)C1CC1. The molecular formula is C8H14ClNO. The van der Waals surface area contributed by atoms with E-state index in [9.17, 15) is 4.79 Å². The molecule has 11 heavy (non-hydrogen) atoms. The van der Waals surface area contributed by atoms with Crippen LogP contribution in [0.5, 0.6) is 0 Å². The quantitative estimate of drug-likeness (QED) is 0.597. The van der Waals surface area contributed by atoms with Crippen molar-refractivity contribution in [3.8, 4) is 0 Å². The fraction of sp³-hybridized carbons (Fsp3) is 0.875. The fourth-order valence-electron chi connectivity index (χ4n) is 1.21. The molecule has 1 rings (SSSR count). The van der Waals surface area contributed by atoms with Gasteiger partial charge < -0.3 is 4.90 Å². The van der Waals surface area contributed by atoms with Crippen LogP contribution >= 0.6 is 11.6 Å². The van der Waals surface area contributed by atoms with Crippen molar-refractivity contribution >= 4 is 17.5 Å². The van der Waals surface area contributed by atoms with Crippen LogP contribution in [0.2, 0.25) is 0 Å². The van der Waals surface area contributed by atoms with Crippen LogP contribution in [-0.4, -0.2) is 28.8 Å². The van der Waals surface area contributed by atoms with Crippen molar-refractivity contribution in [2.45, 2.75) is 38.1 Å². The summed E-state index contributed by atoms with van der Waals surface area (Å²) in [5, 5.41) is -0.365. The molecule has 0 spiro atoms. The summed E-state index contributed by atoms with van der Waals surface area (Å²) >= 11 is 5.68. The zero-order chi connectivity index (χ0) is 8.43. The lowest BCUT2D eigenvalue weighted by molar-refractivity contribution is -0.130. The molecule has 1 aliphatic carbocycles. The van der Waals surface area contributed by atoms with Crippen LogP contribution in [-0.2, 0) is 4.79 Å². The minimum Gasteiger partial charge on any atom is -0.339 e. The van der Waals surface area contributed by atoms with Crippen molar-refractivity contribution in [1.82, 2.24) is 4.90 Å². The second kappa shape index (κ2) is 3.44. The highest BCUT2D eigenvalue weighted by molar-refractivity contribution is 6.30. The molecule has 0 N–H and O–H groups in total. The average molecular weight is 176 g/mol. The molecule has 1 unspecified atom stereocenters. The standard InChI is InChI=1S/C8H14ClNO/c1-3-10(7-4-5-7)8(11)6(2)9/h6-7H,3-5H2,1-2H3. The number of hydrogen-bond acceptors (Lipinski definition) is 1. The normalized spacial score (nSPS) is 19.5. The van der Waals surface area contributed by atoms with Crippen molar-refractivity contribution in [3.05, 3.63) is 0 Å². The van der Waals surface area contributed by atoms with Crippen LogP contribution in [0.3, 0.4) is 0 Å². The van der Waals surface area contributed by atoms with Crippen LogP contribution in [0, 0.1) is 0 Å². The smallest absolute Gasteiger partial charge is 0.240 e. The Morgan fingerprint density at radius 1 is 1.73 bits per heavy atom. The molecule has 0 aromatic carbocycles. The summed E-state index contributed by atoms with van der Waals surface area (Å²) in [6.45, 7) is 4.52. The molecule has 0 heterocycles. The Hall–Kier alpha value is -0.240. The van der Waals surface area contributed by atoms with Gasteiger partial charge in [0.25, 0.3) is 0 Å². The molecule has 2 nitrogen and oxygen atoms in total. The summed E-state index contributed by atoms with van der Waals surface area (Å²) in [6.07, 6.45) is 2.31. The van der Waals surface area contributed by atoms with Crippen LogP contribution in [0.4, 0.5) is 0 Å². The number of rotatable bonds is 3. The number of nitrogens with zero attached hydrogens (tertiary/aromatic N) is 1. The van der Waals surface area contributed by atoms with Crippen LogP contribution in [0.1, 0.15) is 26.7 Å². The summed E-state index contributed by atoms with van der Waals surface area (Å²) in [5.41, 5.74) is 0. The second-order valence-electron chi connectivity index (χ2n) is 2.97. The minimum absolute atomic E-state index is 0.0802. The predicted molar refractivity (Wildman–Crippen MR) is 45.7 cm³/mol. The first-order valence-electron chi connectivity index (χ1n) is 4.11. The van der Waals surface area contributed by atoms with Crippen molar-refractivity contribution in [1.29, 1.82) is 0 Å². The van der Waals surface area contributed by atoms with Crippen molar-refractivity contribution in [2.75, 3.05) is 6.54 Å². The zero-order valence-corrected chi connectivity index (χ0v) is 7.77. The maximum Gasteiger partial charge on any atom is 0.240 e. The summed E-state index contributed by atoms with van der Waals surface area (Å²) in [6, 6.07) is 0.494. The molecule has 1 aliphatic rings. The summed E-state index contributed by atoms with van der Waals surface area (Å²) in [7, 11) is 0. The van der Waals surface area contributed by atoms with Crippen LogP contribution in [0.15, 0.2) is 0 Å². The average Bonchev–Trinajstić information content (AvgIpc) is 2.72. The van der Waals surface area contributed by atoms with Crippen molar-refractivity contribution < 1.29 is 4.79 Å². The van der Waals surface area contributed by atoms with Gasteiger partial charge in [-0.15, -0.1) is 11.6 Å². The van der Waals surface area contributed by atoms with E-state index in [1.165, 1.54) is 0 Å². The molecule has 1 amide bonds. The van der Waals surface area contributed by atoms with E-state index in [-0.39, 0.29) is 11.3 Å². The Labute approximate surface area is 72.5 Å². The lowest BCUT2D eigenvalue weighted by Gasteiger charge is -2.21. The molecule has 0 radical (unpaired) electrons. The molecule has 0 aliphatic heterocycles. The molecule has 3 heteroatoms. The molecular weight excluding hydrogens is 162 g/mol. The highest BCUT2D eigenvalue weighted by atomic mass is 35.5. The summed E-state index contributed by atoms with van der Waals surface area (Å²) in [4.78, 5) is 13.2. The van der Waals surface area contributed by atoms with Gasteiger partial charge in [-0.05, 0) is 26.7 Å². The summed E-state index contributed by atoms with van der Waals surface area (Å²) < 4.78 is 0. The molecule has 1 saturated carbocycles. The maximum atomic E-state index is 11.3. The van der Waals surface area contributed by atoms with E-state index in [0.717, 1.165) is 19.4 Å². The Balaban J connectivity index is 2.46. The van der Waals surface area contributed by atoms with E-state index in [0.29, 0.717) is 6.04 Å². The first-order chi connectivity index (χ1) is 5.16. The number of hydrogen-bond donors (Lipinski definition) is 0. The van der Waals surface area contributed by atoms with Crippen LogP contribution < -0.4 is 0 Å². The fourth-order valence-corrected chi connectivity index (χ4v) is 1.33. The van der Waals surface area contributed by atoms with Gasteiger partial charge in [0.1, 0.15) is 5.38 Å². The van der Waals surface area contributed by atoms with E-state index in [1.807, 2.05) is 11.8 Å². The minimum atomic E-state index is -0.365. The first kappa shape index (κ1) is 8.85. The lowest BCUT2D eigenvalue weighted by atomic mass is 10.3. The van der Waals surface area contributed by atoms with E-state index >= 15 is 0 Å². The van der Waals surface area contributed by atoms with Gasteiger partial charge in [0.2, 0.25) is 5.91 Å². The molecule has 64 valence electrons. The number of carbonyl (C=O) groups is 1. The van der Waals surface area contributed by atoms with Gasteiger partial charge in [-0.25, -0.2) is 0 Å². The highest BCUT2D eigenvalue weighted by Crippen LogP contribution is 2.27. The van der Waals surface area contributed by atoms with Gasteiger partial charge in [0.05, 0.1) is 0 Å². The van der Waals surface area contributed by atoms with E-state index in [4.69, 9.17) is 11.6 Å². The van der Waals surface area contributed by atoms with Gasteiger partial charge in [-0.1, -0.05) is 0 Å². The third-order valence-corrected chi connectivity index (χ3v) is 2.14. The molecule has 0 saturated heterocycles. The first-order valence-corrected chi connectivity index (χ1v) is 4.55. The predicted octanol–water partition coefficient (Wildman–Crippen LogP) is 1.62. The monoisotopic (exact) mass is 175 g/mol. The topological polar surface area (TPSA) is 20.3 Å². The Bertz CT molecular complexity index is 154. The van der Waals surface area contributed by atoms with Gasteiger partial charge in [-0.2, -0.15) is 0 Å². The second-order valence-corrected chi connectivity index (χ2v) is 3.63. The maximum absolute atomic E-state index is 11.3. The molecule has 0 bridgehead atoms. The lowest BCUT2D eigenvalue weighted by Crippen LogP contribution is -2.37. The van der Waals surface area contributed by atoms with Gasteiger partial charge in [0, 0.05) is 12.6 Å². The number of alkyl halides is 1. The number of halogens is 1. The Morgan fingerprint density at radius 3 is 2.55 bits per heavy atom. The van der Waals surface area contributed by atoms with Gasteiger partial charge in [0.15, 0.2) is 0 Å².